The van der Waals surface area contributed by atoms with Crippen LogP contribution < -0.4 is 0 Å². The minimum atomic E-state index is -2.80. The number of alkyl halides is 2. The second kappa shape index (κ2) is 7.01. The first-order valence-corrected chi connectivity index (χ1v) is 7.27. The summed E-state index contributed by atoms with van der Waals surface area (Å²) in [7, 11) is 0. The smallest absolute Gasteiger partial charge is 0.306 e. The van der Waals surface area contributed by atoms with Crippen molar-refractivity contribution >= 4 is 5.97 Å². The molecule has 0 fully saturated rings. The van der Waals surface area contributed by atoms with Crippen LogP contribution in [0.2, 0.25) is 0 Å². The first-order valence-electron chi connectivity index (χ1n) is 7.27. The maximum absolute atomic E-state index is 13.1. The fraction of sp³-hybridized carbons (Fsp3) is 0.588. The Kier molecular flexibility index (Phi) is 5.87. The molecule has 118 valence electrons. The highest BCUT2D eigenvalue weighted by Crippen LogP contribution is 2.29. The highest BCUT2D eigenvalue weighted by atomic mass is 19.3. The van der Waals surface area contributed by atoms with Crippen molar-refractivity contribution in [2.24, 2.45) is 5.41 Å². The van der Waals surface area contributed by atoms with Crippen LogP contribution in [-0.4, -0.2) is 12.6 Å². The van der Waals surface area contributed by atoms with Crippen LogP contribution in [0.4, 0.5) is 8.78 Å². The van der Waals surface area contributed by atoms with Gasteiger partial charge in [-0.3, -0.25) is 4.79 Å². The van der Waals surface area contributed by atoms with Gasteiger partial charge in [0.1, 0.15) is 0 Å². The Morgan fingerprint density at radius 2 is 1.71 bits per heavy atom. The Hall–Kier alpha value is -1.45. The minimum Gasteiger partial charge on any atom is -0.466 e. The monoisotopic (exact) mass is 298 g/mol. The highest BCUT2D eigenvalue weighted by molar-refractivity contribution is 5.70. The van der Waals surface area contributed by atoms with Crippen molar-refractivity contribution in [1.82, 2.24) is 0 Å². The Bertz CT molecular complexity index is 459. The number of carbonyl (C=O) groups excluding carboxylic acids is 1. The SMILES string of the molecule is CCOC(=O)CC(C)(C)CCc1ccc(C(C)(F)F)cc1. The summed E-state index contributed by atoms with van der Waals surface area (Å²) in [6, 6.07) is 6.39. The number of esters is 1. The third-order valence-corrected chi connectivity index (χ3v) is 3.48. The molecule has 0 aliphatic carbocycles. The van der Waals surface area contributed by atoms with E-state index in [0.29, 0.717) is 13.0 Å². The maximum Gasteiger partial charge on any atom is 0.306 e. The van der Waals surface area contributed by atoms with E-state index in [0.717, 1.165) is 25.3 Å². The zero-order chi connectivity index (χ0) is 16.1. The molecule has 0 radical (unpaired) electrons. The van der Waals surface area contributed by atoms with Gasteiger partial charge in [0, 0.05) is 12.5 Å². The summed E-state index contributed by atoms with van der Waals surface area (Å²) >= 11 is 0. The molecule has 1 aromatic carbocycles. The third kappa shape index (κ3) is 6.23. The van der Waals surface area contributed by atoms with Crippen molar-refractivity contribution in [3.05, 3.63) is 35.4 Å². The average Bonchev–Trinajstić information content (AvgIpc) is 2.35. The molecule has 2 nitrogen and oxygen atoms in total. The summed E-state index contributed by atoms with van der Waals surface area (Å²) in [5.41, 5.74) is 0.858. The summed E-state index contributed by atoms with van der Waals surface area (Å²) < 4.78 is 31.2. The lowest BCUT2D eigenvalue weighted by Crippen LogP contribution is -2.19. The van der Waals surface area contributed by atoms with E-state index in [1.54, 1.807) is 19.1 Å². The van der Waals surface area contributed by atoms with Crippen molar-refractivity contribution < 1.29 is 18.3 Å². The van der Waals surface area contributed by atoms with E-state index in [1.165, 1.54) is 12.1 Å². The molecule has 0 saturated heterocycles. The van der Waals surface area contributed by atoms with Crippen LogP contribution in [-0.2, 0) is 21.9 Å². The number of carbonyl (C=O) groups is 1. The van der Waals surface area contributed by atoms with Crippen molar-refractivity contribution in [2.75, 3.05) is 6.61 Å². The van der Waals surface area contributed by atoms with Gasteiger partial charge in [0.25, 0.3) is 5.92 Å². The normalized spacial score (nSPS) is 12.3. The Morgan fingerprint density at radius 1 is 1.14 bits per heavy atom. The molecule has 0 bridgehead atoms. The minimum absolute atomic E-state index is 0.0250. The van der Waals surface area contributed by atoms with E-state index in [2.05, 4.69) is 0 Å². The Morgan fingerprint density at radius 3 is 2.19 bits per heavy atom. The zero-order valence-electron chi connectivity index (χ0n) is 13.2. The first kappa shape index (κ1) is 17.6. The molecule has 0 aliphatic heterocycles. The first-order chi connectivity index (χ1) is 9.64. The maximum atomic E-state index is 13.1. The molecule has 0 amide bonds. The molecule has 0 saturated carbocycles. The molecule has 0 spiro atoms. The van der Waals surface area contributed by atoms with E-state index in [4.69, 9.17) is 4.74 Å². The van der Waals surface area contributed by atoms with Crippen LogP contribution in [0.5, 0.6) is 0 Å². The van der Waals surface area contributed by atoms with Gasteiger partial charge in [0.05, 0.1) is 13.0 Å². The quantitative estimate of drug-likeness (QED) is 0.681. The molecule has 4 heteroatoms. The van der Waals surface area contributed by atoms with Crippen molar-refractivity contribution in [3.63, 3.8) is 0 Å². The average molecular weight is 298 g/mol. The van der Waals surface area contributed by atoms with Crippen LogP contribution in [0.3, 0.4) is 0 Å². The van der Waals surface area contributed by atoms with Gasteiger partial charge in [-0.05, 0) is 30.7 Å². The van der Waals surface area contributed by atoms with Gasteiger partial charge in [-0.25, -0.2) is 8.78 Å². The van der Waals surface area contributed by atoms with Crippen LogP contribution in [0.15, 0.2) is 24.3 Å². The predicted octanol–water partition coefficient (Wildman–Crippen LogP) is 4.71. The second-order valence-electron chi connectivity index (χ2n) is 6.23. The number of aryl methyl sites for hydroxylation is 1. The van der Waals surface area contributed by atoms with Gasteiger partial charge >= 0.3 is 5.97 Å². The molecule has 0 heterocycles. The van der Waals surface area contributed by atoms with E-state index in [-0.39, 0.29) is 16.9 Å². The Labute approximate surface area is 125 Å². The molecule has 0 N–H and O–H groups in total. The molecule has 0 atom stereocenters. The fourth-order valence-corrected chi connectivity index (χ4v) is 2.14. The van der Waals surface area contributed by atoms with Crippen LogP contribution >= 0.6 is 0 Å². The zero-order valence-corrected chi connectivity index (χ0v) is 13.2. The van der Waals surface area contributed by atoms with E-state index in [9.17, 15) is 13.6 Å². The van der Waals surface area contributed by atoms with Gasteiger partial charge in [-0.2, -0.15) is 0 Å². The van der Waals surface area contributed by atoms with Crippen LogP contribution in [0, 0.1) is 5.41 Å². The second-order valence-corrected chi connectivity index (χ2v) is 6.23. The van der Waals surface area contributed by atoms with Gasteiger partial charge in [0.2, 0.25) is 0 Å². The Balaban J connectivity index is 2.56. The summed E-state index contributed by atoms with van der Waals surface area (Å²) in [6.07, 6.45) is 1.92. The van der Waals surface area contributed by atoms with Crippen molar-refractivity contribution in [2.45, 2.75) is 52.9 Å². The van der Waals surface area contributed by atoms with Crippen molar-refractivity contribution in [1.29, 1.82) is 0 Å². The third-order valence-electron chi connectivity index (χ3n) is 3.48. The van der Waals surface area contributed by atoms with Gasteiger partial charge in [-0.1, -0.05) is 38.1 Å². The van der Waals surface area contributed by atoms with Gasteiger partial charge < -0.3 is 4.74 Å². The standard InChI is InChI=1S/C17H24F2O2/c1-5-21-15(20)12-16(2,3)11-10-13-6-8-14(9-7-13)17(4,18)19/h6-9H,5,10-12H2,1-4H3. The summed E-state index contributed by atoms with van der Waals surface area (Å²) in [5.74, 6) is -3.00. The number of hydrogen-bond acceptors (Lipinski definition) is 2. The number of benzene rings is 1. The van der Waals surface area contributed by atoms with Crippen LogP contribution in [0.1, 0.15) is 51.7 Å². The molecule has 0 aromatic heterocycles. The molecule has 0 unspecified atom stereocenters. The van der Waals surface area contributed by atoms with E-state index < -0.39 is 5.92 Å². The number of halogens is 2. The lowest BCUT2D eigenvalue weighted by Gasteiger charge is -2.23. The molecule has 1 rings (SSSR count). The molecular formula is C17H24F2O2. The summed E-state index contributed by atoms with van der Waals surface area (Å²) in [6.45, 7) is 7.10. The highest BCUT2D eigenvalue weighted by Gasteiger charge is 2.25. The number of ether oxygens (including phenoxy) is 1. The molecule has 1 aromatic rings. The van der Waals surface area contributed by atoms with Crippen LogP contribution in [0.25, 0.3) is 0 Å². The molecule has 21 heavy (non-hydrogen) atoms. The van der Waals surface area contributed by atoms with Gasteiger partial charge in [-0.15, -0.1) is 0 Å². The van der Waals surface area contributed by atoms with Gasteiger partial charge in [0.15, 0.2) is 0 Å². The topological polar surface area (TPSA) is 26.3 Å². The lowest BCUT2D eigenvalue weighted by atomic mass is 9.83. The molecular weight excluding hydrogens is 274 g/mol. The summed E-state index contributed by atoms with van der Waals surface area (Å²) in [5, 5.41) is 0. The van der Waals surface area contributed by atoms with E-state index in [1.807, 2.05) is 13.8 Å². The molecule has 0 aliphatic rings. The summed E-state index contributed by atoms with van der Waals surface area (Å²) in [4.78, 5) is 11.5. The predicted molar refractivity (Wildman–Crippen MR) is 79.4 cm³/mol. The van der Waals surface area contributed by atoms with E-state index >= 15 is 0 Å². The largest absolute Gasteiger partial charge is 0.466 e. The number of rotatable bonds is 7. The fourth-order valence-electron chi connectivity index (χ4n) is 2.14. The number of hydrogen-bond donors (Lipinski definition) is 0. The lowest BCUT2D eigenvalue weighted by molar-refractivity contribution is -0.145. The van der Waals surface area contributed by atoms with Crippen molar-refractivity contribution in [3.8, 4) is 0 Å².